The average Bonchev–Trinajstić information content (AvgIpc) is 3.23. The summed E-state index contributed by atoms with van der Waals surface area (Å²) >= 11 is 0. The topological polar surface area (TPSA) is 83.7 Å². The fourth-order valence-electron chi connectivity index (χ4n) is 4.11. The van der Waals surface area contributed by atoms with Gasteiger partial charge in [0.25, 0.3) is 0 Å². The first-order valence-electron chi connectivity index (χ1n) is 11.1. The number of aromatic nitrogens is 1. The minimum Gasteiger partial charge on any atom is -0.493 e. The fraction of sp³-hybridized carbons (Fsp3) is 0.222. The summed E-state index contributed by atoms with van der Waals surface area (Å²) in [6, 6.07) is 27.6. The summed E-state index contributed by atoms with van der Waals surface area (Å²) in [5.41, 5.74) is 3.17. The number of rotatable bonds is 10. The smallest absolute Gasteiger partial charge is 0.404 e. The third-order valence-corrected chi connectivity index (χ3v) is 5.72. The molecule has 0 saturated heterocycles. The van der Waals surface area contributed by atoms with E-state index in [1.807, 2.05) is 83.6 Å². The van der Waals surface area contributed by atoms with Crippen molar-refractivity contribution in [2.45, 2.75) is 25.0 Å². The lowest BCUT2D eigenvalue weighted by atomic mass is 9.98. The van der Waals surface area contributed by atoms with Crippen molar-refractivity contribution in [1.82, 2.24) is 9.88 Å². The summed E-state index contributed by atoms with van der Waals surface area (Å²) in [7, 11) is 0. The summed E-state index contributed by atoms with van der Waals surface area (Å²) in [6.07, 6.45) is 1.24. The molecule has 0 saturated carbocycles. The van der Waals surface area contributed by atoms with Crippen LogP contribution in [0.4, 0.5) is 4.79 Å². The average molecular weight is 445 g/mol. The molecule has 0 fully saturated rings. The fourth-order valence-corrected chi connectivity index (χ4v) is 4.11. The summed E-state index contributed by atoms with van der Waals surface area (Å²) in [5.74, 6) is 0.804. The lowest BCUT2D eigenvalue weighted by Crippen LogP contribution is -2.30. The van der Waals surface area contributed by atoms with Crippen molar-refractivity contribution in [3.05, 3.63) is 102 Å². The van der Waals surface area contributed by atoms with E-state index < -0.39 is 12.2 Å². The number of amides is 1. The number of carboxylic acid groups (broad SMARTS) is 1. The maximum Gasteiger partial charge on any atom is 0.404 e. The van der Waals surface area contributed by atoms with Gasteiger partial charge in [0, 0.05) is 30.1 Å². The largest absolute Gasteiger partial charge is 0.493 e. The first kappa shape index (κ1) is 22.4. The standard InChI is InChI=1S/C27H28N2O4/c30-25(13-16-28-27(31)32)26(21-9-5-2-6-10-21)29-17-14-22-19-23(11-12-24(22)29)33-18-15-20-7-3-1-4-8-20/h1-12,14,17,19,25-26,28,30H,13,15-16,18H2,(H,31,32)/t25-,26+/m1/s1. The van der Waals surface area contributed by atoms with Crippen molar-refractivity contribution in [2.75, 3.05) is 13.2 Å². The third kappa shape index (κ3) is 5.73. The molecule has 0 bridgehead atoms. The zero-order valence-corrected chi connectivity index (χ0v) is 18.3. The second kappa shape index (κ2) is 10.7. The highest BCUT2D eigenvalue weighted by Crippen LogP contribution is 2.31. The summed E-state index contributed by atoms with van der Waals surface area (Å²) in [4.78, 5) is 10.8. The van der Waals surface area contributed by atoms with Crippen molar-refractivity contribution in [3.8, 4) is 5.75 Å². The van der Waals surface area contributed by atoms with E-state index >= 15 is 0 Å². The Morgan fingerprint density at radius 3 is 2.42 bits per heavy atom. The molecular formula is C27H28N2O4. The van der Waals surface area contributed by atoms with Crippen molar-refractivity contribution < 1.29 is 19.7 Å². The number of carbonyl (C=O) groups is 1. The van der Waals surface area contributed by atoms with Crippen LogP contribution in [0.5, 0.6) is 5.75 Å². The highest BCUT2D eigenvalue weighted by Gasteiger charge is 2.24. The van der Waals surface area contributed by atoms with Crippen LogP contribution in [0.15, 0.2) is 91.1 Å². The quantitative estimate of drug-likeness (QED) is 0.326. The molecular weight excluding hydrogens is 416 g/mol. The lowest BCUT2D eigenvalue weighted by Gasteiger charge is -2.26. The van der Waals surface area contributed by atoms with Crippen LogP contribution in [0, 0.1) is 0 Å². The Kier molecular flexibility index (Phi) is 7.27. The van der Waals surface area contributed by atoms with Crippen LogP contribution in [-0.2, 0) is 6.42 Å². The maximum absolute atomic E-state index is 11.0. The van der Waals surface area contributed by atoms with Gasteiger partial charge in [0.2, 0.25) is 0 Å². The molecule has 33 heavy (non-hydrogen) atoms. The maximum atomic E-state index is 11.0. The first-order chi connectivity index (χ1) is 16.1. The van der Waals surface area contributed by atoms with Gasteiger partial charge in [0.15, 0.2) is 0 Å². The molecule has 6 nitrogen and oxygen atoms in total. The number of benzene rings is 3. The number of hydrogen-bond acceptors (Lipinski definition) is 3. The minimum atomic E-state index is -1.09. The molecule has 2 atom stereocenters. The van der Waals surface area contributed by atoms with E-state index in [0.717, 1.165) is 28.6 Å². The van der Waals surface area contributed by atoms with Crippen LogP contribution in [0.25, 0.3) is 10.9 Å². The lowest BCUT2D eigenvalue weighted by molar-refractivity contribution is 0.121. The van der Waals surface area contributed by atoms with E-state index in [1.54, 1.807) is 0 Å². The van der Waals surface area contributed by atoms with Gasteiger partial charge in [-0.3, -0.25) is 0 Å². The normalized spacial score (nSPS) is 12.9. The molecule has 1 amide bonds. The Morgan fingerprint density at radius 1 is 0.970 bits per heavy atom. The molecule has 0 radical (unpaired) electrons. The number of aliphatic hydroxyl groups is 1. The monoisotopic (exact) mass is 444 g/mol. The molecule has 1 aromatic heterocycles. The molecule has 3 aromatic carbocycles. The first-order valence-corrected chi connectivity index (χ1v) is 11.1. The van der Waals surface area contributed by atoms with Gasteiger partial charge in [-0.15, -0.1) is 0 Å². The Hall–Kier alpha value is -3.77. The molecule has 4 rings (SSSR count). The highest BCUT2D eigenvalue weighted by atomic mass is 16.5. The van der Waals surface area contributed by atoms with Gasteiger partial charge in [0.05, 0.1) is 18.8 Å². The molecule has 0 aliphatic heterocycles. The van der Waals surface area contributed by atoms with Gasteiger partial charge < -0.3 is 24.8 Å². The Bertz CT molecular complexity index is 1170. The summed E-state index contributed by atoms with van der Waals surface area (Å²) in [5, 5.41) is 23.2. The van der Waals surface area contributed by atoms with Gasteiger partial charge >= 0.3 is 6.09 Å². The molecule has 3 N–H and O–H groups in total. The Morgan fingerprint density at radius 2 is 1.70 bits per heavy atom. The molecule has 0 unspecified atom stereocenters. The van der Waals surface area contributed by atoms with Crippen molar-refractivity contribution in [3.63, 3.8) is 0 Å². The Balaban J connectivity index is 1.53. The Labute approximate surface area is 193 Å². The molecule has 1 heterocycles. The van der Waals surface area contributed by atoms with Crippen LogP contribution < -0.4 is 10.1 Å². The summed E-state index contributed by atoms with van der Waals surface area (Å²) < 4.78 is 8.02. The number of fused-ring (bicyclic) bond motifs is 1. The van der Waals surface area contributed by atoms with Crippen molar-refractivity contribution in [1.29, 1.82) is 0 Å². The number of ether oxygens (including phenoxy) is 1. The minimum absolute atomic E-state index is 0.179. The molecule has 170 valence electrons. The van der Waals surface area contributed by atoms with Gasteiger partial charge in [-0.05, 0) is 41.8 Å². The van der Waals surface area contributed by atoms with Gasteiger partial charge in [-0.25, -0.2) is 4.79 Å². The molecule has 0 aliphatic carbocycles. The molecule has 4 aromatic rings. The third-order valence-electron chi connectivity index (χ3n) is 5.72. The number of nitrogens with one attached hydrogen (secondary N) is 1. The van der Waals surface area contributed by atoms with Gasteiger partial charge in [0.1, 0.15) is 5.75 Å². The van der Waals surface area contributed by atoms with Crippen molar-refractivity contribution in [2.24, 2.45) is 0 Å². The SMILES string of the molecule is O=C(O)NCC[C@@H](O)[C@H](c1ccccc1)n1ccc2cc(OCCc3ccccc3)ccc21. The van der Waals surface area contributed by atoms with Crippen LogP contribution in [0.3, 0.4) is 0 Å². The highest BCUT2D eigenvalue weighted by molar-refractivity contribution is 5.82. The van der Waals surface area contributed by atoms with E-state index in [0.29, 0.717) is 13.0 Å². The van der Waals surface area contributed by atoms with Crippen LogP contribution in [0.2, 0.25) is 0 Å². The predicted octanol–water partition coefficient (Wildman–Crippen LogP) is 4.87. The zero-order valence-electron chi connectivity index (χ0n) is 18.3. The van der Waals surface area contributed by atoms with E-state index in [1.165, 1.54) is 5.56 Å². The van der Waals surface area contributed by atoms with Crippen LogP contribution >= 0.6 is 0 Å². The number of hydrogen-bond donors (Lipinski definition) is 3. The molecule has 6 heteroatoms. The number of aliphatic hydroxyl groups excluding tert-OH is 1. The van der Waals surface area contributed by atoms with E-state index in [2.05, 4.69) is 17.4 Å². The van der Waals surface area contributed by atoms with Gasteiger partial charge in [-0.1, -0.05) is 60.7 Å². The van der Waals surface area contributed by atoms with Crippen LogP contribution in [-0.4, -0.2) is 40.1 Å². The second-order valence-corrected chi connectivity index (χ2v) is 7.97. The zero-order chi connectivity index (χ0) is 23.0. The van der Waals surface area contributed by atoms with Gasteiger partial charge in [-0.2, -0.15) is 0 Å². The molecule has 0 spiro atoms. The predicted molar refractivity (Wildman–Crippen MR) is 129 cm³/mol. The van der Waals surface area contributed by atoms with E-state index in [-0.39, 0.29) is 12.6 Å². The van der Waals surface area contributed by atoms with Crippen molar-refractivity contribution >= 4 is 17.0 Å². The second-order valence-electron chi connectivity index (χ2n) is 7.97. The molecule has 0 aliphatic rings. The number of nitrogens with zero attached hydrogens (tertiary/aromatic N) is 1. The summed E-state index contributed by atoms with van der Waals surface area (Å²) in [6.45, 7) is 0.774. The van der Waals surface area contributed by atoms with Crippen LogP contribution in [0.1, 0.15) is 23.6 Å². The van der Waals surface area contributed by atoms with E-state index in [9.17, 15) is 9.90 Å². The van der Waals surface area contributed by atoms with E-state index in [4.69, 9.17) is 9.84 Å².